The summed E-state index contributed by atoms with van der Waals surface area (Å²) in [5, 5.41) is 9.25. The monoisotopic (exact) mass is 302 g/mol. The lowest BCUT2D eigenvalue weighted by atomic mass is 9.75. The van der Waals surface area contributed by atoms with Gasteiger partial charge in [0, 0.05) is 23.0 Å². The molecule has 2 atom stereocenters. The smallest absolute Gasteiger partial charge is 0.345 e. The molecule has 0 saturated carbocycles. The summed E-state index contributed by atoms with van der Waals surface area (Å²) in [6, 6.07) is 0. The second-order valence-corrected chi connectivity index (χ2v) is 7.14. The molecule has 4 nitrogen and oxygen atoms in total. The summed E-state index contributed by atoms with van der Waals surface area (Å²) < 4.78 is 5.66. The minimum Gasteiger partial charge on any atom is -0.478 e. The number of Topliss-reactive ketones (excluding diaryl/α,β-unsaturated/α-hetero) is 1. The van der Waals surface area contributed by atoms with Gasteiger partial charge in [-0.05, 0) is 42.9 Å². The predicted octanol–water partition coefficient (Wildman–Crippen LogP) is 3.09. The molecule has 0 radical (unpaired) electrons. The van der Waals surface area contributed by atoms with Crippen molar-refractivity contribution in [2.24, 2.45) is 11.3 Å². The molecule has 0 saturated heterocycles. The Hall–Kier alpha value is -1.84. The van der Waals surface area contributed by atoms with E-state index in [9.17, 15) is 14.7 Å². The molecule has 1 N–H and O–H groups in total. The zero-order valence-electron chi connectivity index (χ0n) is 13.7. The third-order valence-electron chi connectivity index (χ3n) is 5.71. The Morgan fingerprint density at radius 2 is 1.91 bits per heavy atom. The number of ketones is 1. The number of carboxylic acids is 1. The van der Waals surface area contributed by atoms with Crippen molar-refractivity contribution in [2.45, 2.75) is 53.6 Å². The zero-order valence-corrected chi connectivity index (χ0v) is 13.7. The normalized spacial score (nSPS) is 26.1. The van der Waals surface area contributed by atoms with Crippen molar-refractivity contribution >= 4 is 11.8 Å². The van der Waals surface area contributed by atoms with Gasteiger partial charge in [0.25, 0.3) is 0 Å². The summed E-state index contributed by atoms with van der Waals surface area (Å²) >= 11 is 0. The fourth-order valence-corrected chi connectivity index (χ4v) is 3.68. The number of ether oxygens (including phenoxy) is 1. The van der Waals surface area contributed by atoms with Gasteiger partial charge in [0.15, 0.2) is 11.9 Å². The lowest BCUT2D eigenvalue weighted by Crippen LogP contribution is -2.30. The van der Waals surface area contributed by atoms with Crippen LogP contribution in [-0.4, -0.2) is 23.0 Å². The molecule has 0 spiro atoms. The average molecular weight is 302 g/mol. The molecule has 1 heterocycles. The molecular formula is C18H22O4. The third-order valence-corrected chi connectivity index (χ3v) is 5.71. The van der Waals surface area contributed by atoms with Crippen LogP contribution < -0.4 is 4.74 Å². The van der Waals surface area contributed by atoms with Gasteiger partial charge in [-0.2, -0.15) is 0 Å². The summed E-state index contributed by atoms with van der Waals surface area (Å²) in [7, 11) is 0. The van der Waals surface area contributed by atoms with Crippen LogP contribution in [0.25, 0.3) is 0 Å². The van der Waals surface area contributed by atoms with Gasteiger partial charge in [-0.3, -0.25) is 4.79 Å². The lowest BCUT2D eigenvalue weighted by Gasteiger charge is -2.26. The summed E-state index contributed by atoms with van der Waals surface area (Å²) in [4.78, 5) is 24.3. The molecule has 0 amide bonds. The van der Waals surface area contributed by atoms with Crippen molar-refractivity contribution in [1.82, 2.24) is 0 Å². The van der Waals surface area contributed by atoms with Gasteiger partial charge in [-0.25, -0.2) is 4.79 Å². The van der Waals surface area contributed by atoms with Crippen molar-refractivity contribution in [3.05, 3.63) is 27.8 Å². The molecule has 2 unspecified atom stereocenters. The van der Waals surface area contributed by atoms with E-state index < -0.39 is 17.5 Å². The van der Waals surface area contributed by atoms with E-state index in [4.69, 9.17) is 4.74 Å². The number of hydrogen-bond donors (Lipinski definition) is 1. The second-order valence-electron chi connectivity index (χ2n) is 7.14. The molecule has 2 aliphatic rings. The van der Waals surface area contributed by atoms with Gasteiger partial charge < -0.3 is 9.84 Å². The highest BCUT2D eigenvalue weighted by atomic mass is 16.5. The number of aliphatic carboxylic acids is 1. The Kier molecular flexibility index (Phi) is 3.13. The van der Waals surface area contributed by atoms with Crippen molar-refractivity contribution < 1.29 is 19.4 Å². The van der Waals surface area contributed by atoms with Crippen molar-refractivity contribution in [3.8, 4) is 5.75 Å². The Bertz CT molecular complexity index is 702. The first-order valence-corrected chi connectivity index (χ1v) is 7.77. The van der Waals surface area contributed by atoms with Crippen LogP contribution in [0.15, 0.2) is 0 Å². The number of rotatable bonds is 2. The standard InChI is InChI=1S/C18H22O4/c1-8(2)18(5)7-12-11-6-13(17(20)21)22-15(11)10(4)9(3)14(12)16(18)19/h8,13H,6-7H2,1-5H3,(H,20,21). The maximum atomic E-state index is 13.0. The second kappa shape index (κ2) is 4.58. The van der Waals surface area contributed by atoms with Crippen LogP contribution in [0.5, 0.6) is 5.75 Å². The number of benzene rings is 1. The van der Waals surface area contributed by atoms with E-state index in [1.165, 1.54) is 0 Å². The van der Waals surface area contributed by atoms with Crippen LogP contribution >= 0.6 is 0 Å². The molecule has 3 rings (SSSR count). The van der Waals surface area contributed by atoms with Crippen LogP contribution in [-0.2, 0) is 17.6 Å². The van der Waals surface area contributed by atoms with Crippen LogP contribution in [0.1, 0.15) is 53.4 Å². The summed E-state index contributed by atoms with van der Waals surface area (Å²) in [6.45, 7) is 10.0. The SMILES string of the molecule is Cc1c(C)c2c(c3c1OC(C(=O)O)C3)CC(C)(C(C)C)C2=O. The summed E-state index contributed by atoms with van der Waals surface area (Å²) in [5.74, 6) is 0.169. The maximum absolute atomic E-state index is 13.0. The lowest BCUT2D eigenvalue weighted by molar-refractivity contribution is -0.144. The number of hydrogen-bond acceptors (Lipinski definition) is 3. The molecule has 1 aliphatic carbocycles. The molecule has 4 heteroatoms. The Morgan fingerprint density at radius 3 is 2.45 bits per heavy atom. The highest BCUT2D eigenvalue weighted by Gasteiger charge is 2.48. The quantitative estimate of drug-likeness (QED) is 0.912. The first-order valence-electron chi connectivity index (χ1n) is 7.77. The van der Waals surface area contributed by atoms with Crippen LogP contribution in [0.4, 0.5) is 0 Å². The fraction of sp³-hybridized carbons (Fsp3) is 0.556. The molecule has 22 heavy (non-hydrogen) atoms. The summed E-state index contributed by atoms with van der Waals surface area (Å²) in [5.41, 5.74) is 4.19. The van der Waals surface area contributed by atoms with Crippen molar-refractivity contribution in [2.75, 3.05) is 0 Å². The first kappa shape index (κ1) is 15.1. The largest absolute Gasteiger partial charge is 0.478 e. The highest BCUT2D eigenvalue weighted by molar-refractivity contribution is 6.07. The molecule has 1 aromatic rings. The molecule has 1 aliphatic heterocycles. The van der Waals surface area contributed by atoms with Crippen molar-refractivity contribution in [3.63, 3.8) is 0 Å². The van der Waals surface area contributed by atoms with E-state index in [2.05, 4.69) is 13.8 Å². The number of carboxylic acid groups (broad SMARTS) is 1. The van der Waals surface area contributed by atoms with Crippen LogP contribution in [0.2, 0.25) is 0 Å². The molecule has 118 valence electrons. The van der Waals surface area contributed by atoms with Gasteiger partial charge in [0.1, 0.15) is 5.75 Å². The van der Waals surface area contributed by atoms with E-state index >= 15 is 0 Å². The maximum Gasteiger partial charge on any atom is 0.345 e. The molecule has 0 fully saturated rings. The van der Waals surface area contributed by atoms with E-state index in [-0.39, 0.29) is 11.7 Å². The predicted molar refractivity (Wildman–Crippen MR) is 82.7 cm³/mol. The van der Waals surface area contributed by atoms with Crippen molar-refractivity contribution in [1.29, 1.82) is 0 Å². The number of carbonyl (C=O) groups excluding carboxylic acids is 1. The zero-order chi connectivity index (χ0) is 16.4. The minimum atomic E-state index is -0.946. The van der Waals surface area contributed by atoms with Gasteiger partial charge in [-0.1, -0.05) is 20.8 Å². The van der Waals surface area contributed by atoms with E-state index in [1.807, 2.05) is 20.8 Å². The van der Waals surface area contributed by atoms with Gasteiger partial charge in [0.05, 0.1) is 0 Å². The Balaban J connectivity index is 2.20. The molecule has 1 aromatic carbocycles. The van der Waals surface area contributed by atoms with Crippen LogP contribution in [0.3, 0.4) is 0 Å². The van der Waals surface area contributed by atoms with Gasteiger partial charge in [0.2, 0.25) is 0 Å². The Labute approximate surface area is 130 Å². The highest BCUT2D eigenvalue weighted by Crippen LogP contribution is 2.49. The third kappa shape index (κ3) is 1.76. The van der Waals surface area contributed by atoms with Gasteiger partial charge in [-0.15, -0.1) is 0 Å². The fourth-order valence-electron chi connectivity index (χ4n) is 3.68. The number of fused-ring (bicyclic) bond motifs is 3. The van der Waals surface area contributed by atoms with E-state index in [0.717, 1.165) is 27.8 Å². The Morgan fingerprint density at radius 1 is 1.27 bits per heavy atom. The molecular weight excluding hydrogens is 280 g/mol. The first-order chi connectivity index (χ1) is 10.2. The van der Waals surface area contributed by atoms with E-state index in [0.29, 0.717) is 18.6 Å². The average Bonchev–Trinajstić information content (AvgIpc) is 2.98. The van der Waals surface area contributed by atoms with Gasteiger partial charge >= 0.3 is 5.97 Å². The minimum absolute atomic E-state index is 0.194. The topological polar surface area (TPSA) is 63.6 Å². The van der Waals surface area contributed by atoms with Crippen LogP contribution in [0, 0.1) is 25.2 Å². The summed E-state index contributed by atoms with van der Waals surface area (Å²) in [6.07, 6.45) is 0.203. The van der Waals surface area contributed by atoms with E-state index in [1.54, 1.807) is 0 Å². The molecule has 0 bridgehead atoms. The number of carbonyl (C=O) groups is 2. The molecule has 0 aromatic heterocycles.